The zero-order valence-corrected chi connectivity index (χ0v) is 8.43. The normalized spacial score (nSPS) is 9.79. The van der Waals surface area contributed by atoms with E-state index in [1.807, 2.05) is 13.0 Å². The number of rotatable bonds is 0. The predicted molar refractivity (Wildman–Crippen MR) is 58.9 cm³/mol. The lowest BCUT2D eigenvalue weighted by molar-refractivity contribution is 0.560. The first-order chi connectivity index (χ1) is 6.16. The molecule has 3 nitrogen and oxygen atoms in total. The highest BCUT2D eigenvalue weighted by Gasteiger charge is 2.00. The van der Waals surface area contributed by atoms with Gasteiger partial charge < -0.3 is 10.2 Å². The van der Waals surface area contributed by atoms with Crippen molar-refractivity contribution in [3.63, 3.8) is 0 Å². The fourth-order valence-corrected chi connectivity index (χ4v) is 1.34. The van der Waals surface area contributed by atoms with Crippen LogP contribution in [0.4, 0.5) is 5.69 Å². The second kappa shape index (κ2) is 3.72. The Morgan fingerprint density at radius 3 is 2.71 bits per heavy atom. The third-order valence-corrected chi connectivity index (χ3v) is 1.98. The zero-order valence-electron chi connectivity index (χ0n) is 7.61. The molecule has 0 aliphatic heterocycles. The lowest BCUT2D eigenvalue weighted by Gasteiger charge is -2.00. The van der Waals surface area contributed by atoms with E-state index >= 15 is 0 Å². The van der Waals surface area contributed by atoms with Gasteiger partial charge in [0.2, 0.25) is 0 Å². The number of fused-ring (bicyclic) bond motifs is 1. The molecule has 0 amide bonds. The minimum Gasteiger partial charge on any atom is -0.423 e. The molecule has 74 valence electrons. The molecule has 0 atom stereocenters. The summed E-state index contributed by atoms with van der Waals surface area (Å²) in [4.78, 5) is 11.0. The monoisotopic (exact) mass is 211 g/mol. The highest BCUT2D eigenvalue weighted by molar-refractivity contribution is 5.85. The van der Waals surface area contributed by atoms with E-state index in [0.717, 1.165) is 10.9 Å². The van der Waals surface area contributed by atoms with Gasteiger partial charge in [0.25, 0.3) is 0 Å². The third-order valence-electron chi connectivity index (χ3n) is 1.98. The molecule has 1 aromatic heterocycles. The van der Waals surface area contributed by atoms with Crippen LogP contribution in [-0.2, 0) is 0 Å². The van der Waals surface area contributed by atoms with Gasteiger partial charge in [0.1, 0.15) is 5.58 Å². The summed E-state index contributed by atoms with van der Waals surface area (Å²) in [6, 6.07) is 6.76. The molecule has 0 spiro atoms. The minimum atomic E-state index is -0.337. The van der Waals surface area contributed by atoms with Crippen LogP contribution in [0.1, 0.15) is 5.56 Å². The number of nitrogen functional groups attached to an aromatic ring is 1. The second-order valence-electron chi connectivity index (χ2n) is 3.00. The second-order valence-corrected chi connectivity index (χ2v) is 3.00. The van der Waals surface area contributed by atoms with E-state index < -0.39 is 0 Å². The molecule has 0 saturated heterocycles. The van der Waals surface area contributed by atoms with Gasteiger partial charge in [0.15, 0.2) is 0 Å². The average Bonchev–Trinajstić information content (AvgIpc) is 2.02. The molecule has 0 saturated carbocycles. The van der Waals surface area contributed by atoms with Crippen LogP contribution in [0, 0.1) is 6.92 Å². The van der Waals surface area contributed by atoms with Crippen molar-refractivity contribution in [1.82, 2.24) is 0 Å². The van der Waals surface area contributed by atoms with Crippen molar-refractivity contribution in [3.05, 3.63) is 40.2 Å². The highest BCUT2D eigenvalue weighted by Crippen LogP contribution is 2.18. The van der Waals surface area contributed by atoms with Gasteiger partial charge in [-0.25, -0.2) is 4.79 Å². The summed E-state index contributed by atoms with van der Waals surface area (Å²) >= 11 is 0. The fourth-order valence-electron chi connectivity index (χ4n) is 1.34. The van der Waals surface area contributed by atoms with E-state index in [1.165, 1.54) is 6.07 Å². The topological polar surface area (TPSA) is 56.2 Å². The molecule has 1 heterocycles. The van der Waals surface area contributed by atoms with Crippen molar-refractivity contribution in [2.24, 2.45) is 0 Å². The van der Waals surface area contributed by atoms with Gasteiger partial charge in [0, 0.05) is 23.2 Å². The number of nitrogens with two attached hydrogens (primary N) is 1. The van der Waals surface area contributed by atoms with Gasteiger partial charge in [-0.3, -0.25) is 0 Å². The molecule has 2 N–H and O–H groups in total. The molecule has 2 aromatic rings. The van der Waals surface area contributed by atoms with Crippen LogP contribution < -0.4 is 11.4 Å². The molecule has 0 aliphatic carbocycles. The Balaban J connectivity index is 0.000000980. The molecular formula is C10H10ClNO2. The van der Waals surface area contributed by atoms with Gasteiger partial charge in [-0.15, -0.1) is 12.4 Å². The van der Waals surface area contributed by atoms with Crippen molar-refractivity contribution in [1.29, 1.82) is 0 Å². The van der Waals surface area contributed by atoms with Crippen molar-refractivity contribution in [2.75, 3.05) is 5.73 Å². The number of hydrogen-bond acceptors (Lipinski definition) is 3. The molecular weight excluding hydrogens is 202 g/mol. The Morgan fingerprint density at radius 1 is 1.29 bits per heavy atom. The van der Waals surface area contributed by atoms with Crippen LogP contribution >= 0.6 is 12.4 Å². The Bertz CT molecular complexity index is 519. The standard InChI is InChI=1S/C10H9NO2.ClH/c1-6-4-10(12)13-9-5-7(11)2-3-8(6)9;/h2-5H,11H2,1H3;1H. The third kappa shape index (κ3) is 1.72. The molecule has 4 heteroatoms. The maximum absolute atomic E-state index is 11.0. The van der Waals surface area contributed by atoms with Crippen molar-refractivity contribution >= 4 is 29.1 Å². The summed E-state index contributed by atoms with van der Waals surface area (Å²) in [5.41, 5.74) is 7.28. The van der Waals surface area contributed by atoms with Crippen LogP contribution in [0.15, 0.2) is 33.5 Å². The molecule has 0 fully saturated rings. The SMILES string of the molecule is Cc1cc(=O)oc2cc(N)ccc12.Cl. The summed E-state index contributed by atoms with van der Waals surface area (Å²) in [5.74, 6) is 0. The van der Waals surface area contributed by atoms with Crippen LogP contribution in [0.5, 0.6) is 0 Å². The first-order valence-electron chi connectivity index (χ1n) is 3.97. The van der Waals surface area contributed by atoms with Crippen molar-refractivity contribution in [3.8, 4) is 0 Å². The molecule has 0 unspecified atom stereocenters. The summed E-state index contributed by atoms with van der Waals surface area (Å²) < 4.78 is 4.99. The van der Waals surface area contributed by atoms with E-state index in [1.54, 1.807) is 12.1 Å². The predicted octanol–water partition coefficient (Wildman–Crippen LogP) is 2.11. The number of hydrogen-bond donors (Lipinski definition) is 1. The summed E-state index contributed by atoms with van der Waals surface area (Å²) in [6.07, 6.45) is 0. The minimum absolute atomic E-state index is 0. The quantitative estimate of drug-likeness (QED) is 0.536. The zero-order chi connectivity index (χ0) is 9.42. The first kappa shape index (κ1) is 10.6. The number of anilines is 1. The lowest BCUT2D eigenvalue weighted by Crippen LogP contribution is -1.98. The van der Waals surface area contributed by atoms with Crippen LogP contribution in [0.3, 0.4) is 0 Å². The smallest absolute Gasteiger partial charge is 0.336 e. The molecule has 1 aromatic carbocycles. The number of benzene rings is 1. The molecule has 14 heavy (non-hydrogen) atoms. The van der Waals surface area contributed by atoms with Gasteiger partial charge in [-0.05, 0) is 24.6 Å². The van der Waals surface area contributed by atoms with E-state index in [4.69, 9.17) is 10.2 Å². The molecule has 2 rings (SSSR count). The maximum Gasteiger partial charge on any atom is 0.336 e. The molecule has 0 radical (unpaired) electrons. The molecule has 0 aliphatic rings. The van der Waals surface area contributed by atoms with Crippen molar-refractivity contribution in [2.45, 2.75) is 6.92 Å². The van der Waals surface area contributed by atoms with Crippen LogP contribution in [-0.4, -0.2) is 0 Å². The summed E-state index contributed by atoms with van der Waals surface area (Å²) in [7, 11) is 0. The van der Waals surface area contributed by atoms with E-state index in [-0.39, 0.29) is 18.0 Å². The Morgan fingerprint density at radius 2 is 2.00 bits per heavy atom. The summed E-state index contributed by atoms with van der Waals surface area (Å²) in [6.45, 7) is 1.87. The van der Waals surface area contributed by atoms with E-state index in [9.17, 15) is 4.79 Å². The van der Waals surface area contributed by atoms with Gasteiger partial charge in [-0.1, -0.05) is 0 Å². The lowest BCUT2D eigenvalue weighted by atomic mass is 10.1. The van der Waals surface area contributed by atoms with Gasteiger partial charge in [0.05, 0.1) is 0 Å². The Hall–Kier alpha value is -1.48. The van der Waals surface area contributed by atoms with E-state index in [2.05, 4.69) is 0 Å². The van der Waals surface area contributed by atoms with Gasteiger partial charge in [-0.2, -0.15) is 0 Å². The average molecular weight is 212 g/mol. The van der Waals surface area contributed by atoms with Crippen LogP contribution in [0.2, 0.25) is 0 Å². The number of halogens is 1. The van der Waals surface area contributed by atoms with Crippen molar-refractivity contribution < 1.29 is 4.42 Å². The summed E-state index contributed by atoms with van der Waals surface area (Å²) in [5, 5.41) is 0.925. The molecule has 0 bridgehead atoms. The fraction of sp³-hybridized carbons (Fsp3) is 0.100. The van der Waals surface area contributed by atoms with Gasteiger partial charge >= 0.3 is 5.63 Å². The Labute approximate surface area is 86.9 Å². The number of aryl methyl sites for hydroxylation is 1. The first-order valence-corrected chi connectivity index (χ1v) is 3.97. The van der Waals surface area contributed by atoms with Crippen LogP contribution in [0.25, 0.3) is 11.0 Å². The highest BCUT2D eigenvalue weighted by atomic mass is 35.5. The maximum atomic E-state index is 11.0. The van der Waals surface area contributed by atoms with E-state index in [0.29, 0.717) is 11.3 Å². The largest absolute Gasteiger partial charge is 0.423 e. The Kier molecular flexibility index (Phi) is 2.81.